The Labute approximate surface area is 105 Å². The SMILES string of the molecule is CCN(CC)C1(CC(=O)O)CC(C)CC(C)C1. The van der Waals surface area contributed by atoms with Crippen molar-refractivity contribution in [2.75, 3.05) is 13.1 Å². The highest BCUT2D eigenvalue weighted by Gasteiger charge is 2.42. The maximum Gasteiger partial charge on any atom is 0.305 e. The molecule has 0 radical (unpaired) electrons. The number of hydrogen-bond acceptors (Lipinski definition) is 2. The molecule has 2 unspecified atom stereocenters. The lowest BCUT2D eigenvalue weighted by molar-refractivity contribution is -0.142. The molecule has 0 aromatic heterocycles. The van der Waals surface area contributed by atoms with Gasteiger partial charge >= 0.3 is 5.97 Å². The van der Waals surface area contributed by atoms with Crippen molar-refractivity contribution in [1.82, 2.24) is 4.90 Å². The van der Waals surface area contributed by atoms with Gasteiger partial charge in [-0.25, -0.2) is 0 Å². The van der Waals surface area contributed by atoms with Gasteiger partial charge in [0.25, 0.3) is 0 Å². The number of carboxylic acids is 1. The first-order valence-electron chi connectivity index (χ1n) is 6.90. The molecule has 0 aromatic rings. The van der Waals surface area contributed by atoms with Gasteiger partial charge in [0.2, 0.25) is 0 Å². The highest BCUT2D eigenvalue weighted by molar-refractivity contribution is 5.68. The van der Waals surface area contributed by atoms with Crippen molar-refractivity contribution in [3.05, 3.63) is 0 Å². The van der Waals surface area contributed by atoms with Gasteiger partial charge in [-0.15, -0.1) is 0 Å². The van der Waals surface area contributed by atoms with E-state index >= 15 is 0 Å². The Hall–Kier alpha value is -0.570. The van der Waals surface area contributed by atoms with E-state index in [-0.39, 0.29) is 5.54 Å². The molecule has 1 saturated carbocycles. The molecule has 0 bridgehead atoms. The van der Waals surface area contributed by atoms with Crippen LogP contribution in [0.25, 0.3) is 0 Å². The zero-order valence-corrected chi connectivity index (χ0v) is 11.7. The van der Waals surface area contributed by atoms with Gasteiger partial charge in [-0.1, -0.05) is 27.7 Å². The molecule has 1 aliphatic rings. The van der Waals surface area contributed by atoms with Crippen molar-refractivity contribution in [3.63, 3.8) is 0 Å². The van der Waals surface area contributed by atoms with Gasteiger partial charge in [-0.3, -0.25) is 9.69 Å². The van der Waals surface area contributed by atoms with E-state index in [4.69, 9.17) is 0 Å². The van der Waals surface area contributed by atoms with Gasteiger partial charge in [0.1, 0.15) is 0 Å². The number of nitrogens with zero attached hydrogens (tertiary/aromatic N) is 1. The summed E-state index contributed by atoms with van der Waals surface area (Å²) < 4.78 is 0. The number of hydrogen-bond donors (Lipinski definition) is 1. The molecular formula is C14H27NO2. The molecule has 1 N–H and O–H groups in total. The van der Waals surface area contributed by atoms with Gasteiger partial charge in [-0.05, 0) is 44.2 Å². The Balaban J connectivity index is 2.94. The standard InChI is InChI=1S/C14H27NO2/c1-5-15(6-2)14(10-13(16)17)8-11(3)7-12(4)9-14/h11-12H,5-10H2,1-4H3,(H,16,17). The van der Waals surface area contributed by atoms with E-state index in [9.17, 15) is 9.90 Å². The van der Waals surface area contributed by atoms with Crippen LogP contribution in [0.3, 0.4) is 0 Å². The molecular weight excluding hydrogens is 214 g/mol. The van der Waals surface area contributed by atoms with Crippen molar-refractivity contribution in [2.45, 2.75) is 58.9 Å². The second-order valence-electron chi connectivity index (χ2n) is 5.82. The summed E-state index contributed by atoms with van der Waals surface area (Å²) in [5, 5.41) is 9.22. The summed E-state index contributed by atoms with van der Waals surface area (Å²) in [6.07, 6.45) is 3.60. The van der Waals surface area contributed by atoms with Crippen LogP contribution in [0, 0.1) is 11.8 Å². The van der Waals surface area contributed by atoms with Crippen LogP contribution < -0.4 is 0 Å². The monoisotopic (exact) mass is 241 g/mol. The maximum absolute atomic E-state index is 11.2. The van der Waals surface area contributed by atoms with Crippen molar-refractivity contribution in [2.24, 2.45) is 11.8 Å². The third-order valence-electron chi connectivity index (χ3n) is 4.18. The molecule has 1 aliphatic carbocycles. The Morgan fingerprint density at radius 2 is 1.71 bits per heavy atom. The first-order chi connectivity index (χ1) is 7.93. The minimum Gasteiger partial charge on any atom is -0.481 e. The largest absolute Gasteiger partial charge is 0.481 e. The Morgan fingerprint density at radius 3 is 2.06 bits per heavy atom. The molecule has 2 atom stereocenters. The predicted molar refractivity (Wildman–Crippen MR) is 70.1 cm³/mol. The van der Waals surface area contributed by atoms with E-state index in [0.29, 0.717) is 18.3 Å². The summed E-state index contributed by atoms with van der Waals surface area (Å²) in [5.41, 5.74) is -0.105. The summed E-state index contributed by atoms with van der Waals surface area (Å²) in [6.45, 7) is 10.7. The molecule has 0 saturated heterocycles. The molecule has 0 spiro atoms. The lowest BCUT2D eigenvalue weighted by Gasteiger charge is -2.49. The number of rotatable bonds is 5. The minimum absolute atomic E-state index is 0.105. The molecule has 0 heterocycles. The number of aliphatic carboxylic acids is 1. The molecule has 0 aliphatic heterocycles. The average Bonchev–Trinajstić information content (AvgIpc) is 2.15. The number of carboxylic acid groups (broad SMARTS) is 1. The average molecular weight is 241 g/mol. The van der Waals surface area contributed by atoms with E-state index in [1.165, 1.54) is 6.42 Å². The lowest BCUT2D eigenvalue weighted by Crippen LogP contribution is -2.54. The fourth-order valence-electron chi connectivity index (χ4n) is 3.92. The van der Waals surface area contributed by atoms with Gasteiger partial charge in [0.05, 0.1) is 6.42 Å². The van der Waals surface area contributed by atoms with Crippen LogP contribution in [-0.2, 0) is 4.79 Å². The number of carbonyl (C=O) groups is 1. The first kappa shape index (κ1) is 14.5. The smallest absolute Gasteiger partial charge is 0.305 e. The van der Waals surface area contributed by atoms with E-state index < -0.39 is 5.97 Å². The van der Waals surface area contributed by atoms with Crippen LogP contribution in [0.4, 0.5) is 0 Å². The Kier molecular flexibility index (Phi) is 4.99. The van der Waals surface area contributed by atoms with E-state index in [2.05, 4.69) is 32.6 Å². The normalized spacial score (nSPS) is 33.9. The summed E-state index contributed by atoms with van der Waals surface area (Å²) in [7, 11) is 0. The molecule has 3 nitrogen and oxygen atoms in total. The van der Waals surface area contributed by atoms with Crippen molar-refractivity contribution in [1.29, 1.82) is 0 Å². The van der Waals surface area contributed by atoms with E-state index in [0.717, 1.165) is 25.9 Å². The fourth-order valence-corrected chi connectivity index (χ4v) is 3.92. The van der Waals surface area contributed by atoms with Crippen molar-refractivity contribution < 1.29 is 9.90 Å². The first-order valence-corrected chi connectivity index (χ1v) is 6.90. The third kappa shape index (κ3) is 3.44. The second kappa shape index (κ2) is 5.85. The van der Waals surface area contributed by atoms with Crippen LogP contribution in [0.15, 0.2) is 0 Å². The topological polar surface area (TPSA) is 40.5 Å². The third-order valence-corrected chi connectivity index (χ3v) is 4.18. The zero-order chi connectivity index (χ0) is 13.1. The van der Waals surface area contributed by atoms with E-state index in [1.807, 2.05) is 0 Å². The van der Waals surface area contributed by atoms with Gasteiger partial charge in [-0.2, -0.15) is 0 Å². The van der Waals surface area contributed by atoms with Crippen LogP contribution in [-0.4, -0.2) is 34.6 Å². The van der Waals surface area contributed by atoms with Crippen LogP contribution >= 0.6 is 0 Å². The highest BCUT2D eigenvalue weighted by atomic mass is 16.4. The van der Waals surface area contributed by atoms with Crippen molar-refractivity contribution >= 4 is 5.97 Å². The van der Waals surface area contributed by atoms with Crippen LogP contribution in [0.2, 0.25) is 0 Å². The van der Waals surface area contributed by atoms with Gasteiger partial charge < -0.3 is 5.11 Å². The van der Waals surface area contributed by atoms with Crippen LogP contribution in [0.5, 0.6) is 0 Å². The van der Waals surface area contributed by atoms with Gasteiger partial charge in [0, 0.05) is 5.54 Å². The summed E-state index contributed by atoms with van der Waals surface area (Å²) in [6, 6.07) is 0. The molecule has 17 heavy (non-hydrogen) atoms. The highest BCUT2D eigenvalue weighted by Crippen LogP contribution is 2.41. The second-order valence-corrected chi connectivity index (χ2v) is 5.82. The van der Waals surface area contributed by atoms with E-state index in [1.54, 1.807) is 0 Å². The lowest BCUT2D eigenvalue weighted by atomic mass is 9.69. The molecule has 100 valence electrons. The molecule has 3 heteroatoms. The predicted octanol–water partition coefficient (Wildman–Crippen LogP) is 3.00. The fraction of sp³-hybridized carbons (Fsp3) is 0.929. The van der Waals surface area contributed by atoms with Crippen LogP contribution in [0.1, 0.15) is 53.4 Å². The Bertz CT molecular complexity index is 251. The summed E-state index contributed by atoms with van der Waals surface area (Å²) in [5.74, 6) is 0.621. The molecule has 0 amide bonds. The maximum atomic E-state index is 11.2. The molecule has 0 aromatic carbocycles. The zero-order valence-electron chi connectivity index (χ0n) is 11.7. The summed E-state index contributed by atoms with van der Waals surface area (Å²) in [4.78, 5) is 13.6. The molecule has 1 rings (SSSR count). The minimum atomic E-state index is -0.654. The summed E-state index contributed by atoms with van der Waals surface area (Å²) >= 11 is 0. The van der Waals surface area contributed by atoms with Crippen molar-refractivity contribution in [3.8, 4) is 0 Å². The Morgan fingerprint density at radius 1 is 1.24 bits per heavy atom. The molecule has 1 fully saturated rings. The quantitative estimate of drug-likeness (QED) is 0.804. The van der Waals surface area contributed by atoms with Gasteiger partial charge in [0.15, 0.2) is 0 Å².